The van der Waals surface area contributed by atoms with E-state index in [4.69, 9.17) is 4.74 Å². The number of hydrogen-bond acceptors (Lipinski definition) is 5. The van der Waals surface area contributed by atoms with Gasteiger partial charge in [-0.05, 0) is 37.5 Å². The van der Waals surface area contributed by atoms with Crippen LogP contribution < -0.4 is 15.6 Å². The van der Waals surface area contributed by atoms with Crippen LogP contribution in [0.1, 0.15) is 43.1 Å². The van der Waals surface area contributed by atoms with Crippen molar-refractivity contribution in [3.63, 3.8) is 0 Å². The number of aromatic nitrogens is 2. The molecule has 1 aromatic carbocycles. The maximum Gasteiger partial charge on any atom is 0.274 e. The first-order chi connectivity index (χ1) is 15.1. The van der Waals surface area contributed by atoms with Crippen molar-refractivity contribution in [3.05, 3.63) is 58.5 Å². The van der Waals surface area contributed by atoms with Gasteiger partial charge in [-0.15, -0.1) is 0 Å². The standard InChI is InChI=1S/C23H30N4O4/c1-2-3-13-24-22(29)18-8-7-14-26(17-18)23(30)20-11-12-21(28)27(25-20)15-16-31-19-9-5-4-6-10-19/h4-6,9-12,18H,2-3,7-8,13-17H2,1H3,(H,24,29)/t18-/m0/s1. The number of nitrogens with one attached hydrogen (secondary N) is 1. The van der Waals surface area contributed by atoms with Crippen LogP contribution in [-0.4, -0.2) is 52.7 Å². The molecule has 8 nitrogen and oxygen atoms in total. The summed E-state index contributed by atoms with van der Waals surface area (Å²) in [6.45, 7) is 4.19. The highest BCUT2D eigenvalue weighted by Crippen LogP contribution is 2.18. The van der Waals surface area contributed by atoms with Crippen LogP contribution in [0.2, 0.25) is 0 Å². The van der Waals surface area contributed by atoms with Crippen molar-refractivity contribution < 1.29 is 14.3 Å². The lowest BCUT2D eigenvalue weighted by Crippen LogP contribution is -2.46. The zero-order valence-electron chi connectivity index (χ0n) is 18.0. The molecule has 2 aromatic rings. The molecule has 166 valence electrons. The second kappa shape index (κ2) is 11.3. The summed E-state index contributed by atoms with van der Waals surface area (Å²) in [5.41, 5.74) is -0.0913. The van der Waals surface area contributed by atoms with E-state index in [1.165, 1.54) is 16.8 Å². The highest BCUT2D eigenvalue weighted by atomic mass is 16.5. The summed E-state index contributed by atoms with van der Waals surface area (Å²) in [6, 6.07) is 12.1. The Labute approximate surface area is 182 Å². The zero-order chi connectivity index (χ0) is 22.1. The minimum atomic E-state index is -0.292. The molecule has 1 fully saturated rings. The van der Waals surface area contributed by atoms with E-state index in [9.17, 15) is 14.4 Å². The first-order valence-electron chi connectivity index (χ1n) is 10.9. The number of ether oxygens (including phenoxy) is 1. The first kappa shape index (κ1) is 22.5. The molecule has 1 saturated heterocycles. The molecule has 0 aliphatic carbocycles. The van der Waals surface area contributed by atoms with Crippen molar-refractivity contribution >= 4 is 11.8 Å². The van der Waals surface area contributed by atoms with Crippen molar-refractivity contribution in [1.82, 2.24) is 20.0 Å². The molecule has 0 spiro atoms. The SMILES string of the molecule is CCCCNC(=O)[C@H]1CCCN(C(=O)c2ccc(=O)n(CCOc3ccccc3)n2)C1. The van der Waals surface area contributed by atoms with E-state index in [-0.39, 0.29) is 42.1 Å². The Morgan fingerprint density at radius 1 is 1.19 bits per heavy atom. The molecule has 1 aliphatic heterocycles. The fraction of sp³-hybridized carbons (Fsp3) is 0.478. The highest BCUT2D eigenvalue weighted by molar-refractivity contribution is 5.92. The van der Waals surface area contributed by atoms with Crippen molar-refractivity contribution in [2.75, 3.05) is 26.2 Å². The number of amides is 2. The third-order valence-electron chi connectivity index (χ3n) is 5.31. The molecule has 0 unspecified atom stereocenters. The molecule has 3 rings (SSSR count). The number of carbonyl (C=O) groups excluding carboxylic acids is 2. The molecular formula is C23H30N4O4. The largest absolute Gasteiger partial charge is 0.492 e. The molecule has 1 aromatic heterocycles. The van der Waals surface area contributed by atoms with Crippen LogP contribution in [0.15, 0.2) is 47.3 Å². The molecule has 2 heterocycles. The van der Waals surface area contributed by atoms with E-state index in [1.807, 2.05) is 30.3 Å². The maximum absolute atomic E-state index is 13.0. The van der Waals surface area contributed by atoms with Crippen LogP contribution in [0.25, 0.3) is 0 Å². The van der Waals surface area contributed by atoms with Gasteiger partial charge in [0, 0.05) is 25.7 Å². The van der Waals surface area contributed by atoms with Crippen LogP contribution >= 0.6 is 0 Å². The summed E-state index contributed by atoms with van der Waals surface area (Å²) >= 11 is 0. The van der Waals surface area contributed by atoms with Crippen molar-refractivity contribution in [2.24, 2.45) is 5.92 Å². The minimum Gasteiger partial charge on any atom is -0.492 e. The van der Waals surface area contributed by atoms with E-state index in [1.54, 1.807) is 4.90 Å². The number of carbonyl (C=O) groups is 2. The Balaban J connectivity index is 1.59. The van der Waals surface area contributed by atoms with Crippen LogP contribution in [0, 0.1) is 5.92 Å². The lowest BCUT2D eigenvalue weighted by atomic mass is 9.96. The molecule has 0 radical (unpaired) electrons. The molecule has 0 bridgehead atoms. The maximum atomic E-state index is 13.0. The van der Waals surface area contributed by atoms with Crippen LogP contribution in [0.4, 0.5) is 0 Å². The zero-order valence-corrected chi connectivity index (χ0v) is 18.0. The summed E-state index contributed by atoms with van der Waals surface area (Å²) in [5.74, 6) is 0.241. The Hall–Kier alpha value is -3.16. The fourth-order valence-corrected chi connectivity index (χ4v) is 3.56. The van der Waals surface area contributed by atoms with Gasteiger partial charge in [0.2, 0.25) is 5.91 Å². The lowest BCUT2D eigenvalue weighted by Gasteiger charge is -2.31. The van der Waals surface area contributed by atoms with Gasteiger partial charge in [-0.3, -0.25) is 14.4 Å². The molecule has 31 heavy (non-hydrogen) atoms. The summed E-state index contributed by atoms with van der Waals surface area (Å²) in [5, 5.41) is 7.20. The number of likely N-dealkylation sites (tertiary alicyclic amines) is 1. The van der Waals surface area contributed by atoms with Gasteiger partial charge in [0.05, 0.1) is 12.5 Å². The summed E-state index contributed by atoms with van der Waals surface area (Å²) in [6.07, 6.45) is 3.50. The molecule has 1 aliphatic rings. The quantitative estimate of drug-likeness (QED) is 0.620. The minimum absolute atomic E-state index is 0.00180. The smallest absolute Gasteiger partial charge is 0.274 e. The molecule has 0 saturated carbocycles. The predicted molar refractivity (Wildman–Crippen MR) is 117 cm³/mol. The first-order valence-corrected chi connectivity index (χ1v) is 10.9. The summed E-state index contributed by atoms with van der Waals surface area (Å²) in [4.78, 5) is 39.2. The molecular weight excluding hydrogens is 396 g/mol. The number of unbranched alkanes of at least 4 members (excludes halogenated alkanes) is 1. The van der Waals surface area contributed by atoms with Gasteiger partial charge in [0.25, 0.3) is 11.5 Å². The van der Waals surface area contributed by atoms with Crippen molar-refractivity contribution in [2.45, 2.75) is 39.2 Å². The number of piperidine rings is 1. The van der Waals surface area contributed by atoms with E-state index >= 15 is 0 Å². The van der Waals surface area contributed by atoms with Gasteiger partial charge in [-0.1, -0.05) is 31.5 Å². The Bertz CT molecular complexity index is 929. The molecule has 8 heteroatoms. The van der Waals surface area contributed by atoms with Crippen LogP contribution in [0.3, 0.4) is 0 Å². The Kier molecular flexibility index (Phi) is 8.20. The van der Waals surface area contributed by atoms with Gasteiger partial charge < -0.3 is 15.0 Å². The lowest BCUT2D eigenvalue weighted by molar-refractivity contribution is -0.126. The third-order valence-corrected chi connectivity index (χ3v) is 5.31. The number of rotatable bonds is 9. The van der Waals surface area contributed by atoms with E-state index in [0.717, 1.165) is 25.7 Å². The summed E-state index contributed by atoms with van der Waals surface area (Å²) in [7, 11) is 0. The average Bonchev–Trinajstić information content (AvgIpc) is 2.80. The Morgan fingerprint density at radius 2 is 2.00 bits per heavy atom. The van der Waals surface area contributed by atoms with Gasteiger partial charge >= 0.3 is 0 Å². The fourth-order valence-electron chi connectivity index (χ4n) is 3.56. The number of para-hydroxylation sites is 1. The van der Waals surface area contributed by atoms with E-state index < -0.39 is 0 Å². The second-order valence-electron chi connectivity index (χ2n) is 7.68. The average molecular weight is 427 g/mol. The molecule has 1 N–H and O–H groups in total. The predicted octanol–water partition coefficient (Wildman–Crippen LogP) is 2.09. The van der Waals surface area contributed by atoms with Gasteiger partial charge in [-0.25, -0.2) is 4.68 Å². The van der Waals surface area contributed by atoms with Crippen LogP contribution in [-0.2, 0) is 11.3 Å². The van der Waals surface area contributed by atoms with E-state index in [2.05, 4.69) is 17.3 Å². The Morgan fingerprint density at radius 3 is 2.77 bits per heavy atom. The van der Waals surface area contributed by atoms with Gasteiger partial charge in [0.15, 0.2) is 0 Å². The number of benzene rings is 1. The van der Waals surface area contributed by atoms with Crippen molar-refractivity contribution in [3.8, 4) is 5.75 Å². The van der Waals surface area contributed by atoms with Crippen LogP contribution in [0.5, 0.6) is 5.75 Å². The normalized spacial score (nSPS) is 16.0. The third kappa shape index (κ3) is 6.41. The molecule has 2 amide bonds. The van der Waals surface area contributed by atoms with Crippen molar-refractivity contribution in [1.29, 1.82) is 0 Å². The number of nitrogens with zero attached hydrogens (tertiary/aromatic N) is 3. The second-order valence-corrected chi connectivity index (χ2v) is 7.68. The monoisotopic (exact) mass is 426 g/mol. The molecule has 1 atom stereocenters. The topological polar surface area (TPSA) is 93.5 Å². The van der Waals surface area contributed by atoms with E-state index in [0.29, 0.717) is 25.4 Å². The van der Waals surface area contributed by atoms with Gasteiger partial charge in [-0.2, -0.15) is 5.10 Å². The number of hydrogen-bond donors (Lipinski definition) is 1. The van der Waals surface area contributed by atoms with Gasteiger partial charge in [0.1, 0.15) is 18.1 Å². The highest BCUT2D eigenvalue weighted by Gasteiger charge is 2.29. The summed E-state index contributed by atoms with van der Waals surface area (Å²) < 4.78 is 6.87.